The molecule has 3 fully saturated rings. The highest BCUT2D eigenvalue weighted by atomic mass is 79.9. The Morgan fingerprint density at radius 2 is 1.63 bits per heavy atom. The van der Waals surface area contributed by atoms with Gasteiger partial charge in [0, 0.05) is 16.2 Å². The smallest absolute Gasteiger partial charge is 0.305 e. The second-order valence-corrected chi connectivity index (χ2v) is 7.59. The Labute approximate surface area is 127 Å². The van der Waals surface area contributed by atoms with Gasteiger partial charge in [-0.15, -0.1) is 0 Å². The van der Waals surface area contributed by atoms with Crippen LogP contribution in [0.15, 0.2) is 0 Å². The van der Waals surface area contributed by atoms with E-state index in [-0.39, 0.29) is 58.1 Å². The average Bonchev–Trinajstić information content (AvgIpc) is 2.93. The highest BCUT2D eigenvalue weighted by Gasteiger charge is 2.66. The number of amides is 2. The van der Waals surface area contributed by atoms with Crippen LogP contribution >= 0.6 is 31.9 Å². The maximum atomic E-state index is 12.3. The van der Waals surface area contributed by atoms with Crippen LogP contribution < -0.4 is 0 Å². The second kappa shape index (κ2) is 4.55. The van der Waals surface area contributed by atoms with E-state index in [2.05, 4.69) is 31.9 Å². The standard InChI is InChI=1S/C12H13Br2NO4/c13-9-4-3-5(10(9)14)8-7(4)11(18)15(12(8)19)2-1-6(16)17/h4-5,7-10H,1-3H2,(H,16,17)/t4-,5+,7-,8-,9-,10+/m1/s1. The molecule has 2 bridgehead atoms. The number of carboxylic acids is 1. The SMILES string of the molecule is O=C(O)CCN1C(=O)[C@@H]2[C@@H]3C[C@@H]([C@@H](Br)[C@H]3Br)[C@H]2C1=O. The van der Waals surface area contributed by atoms with E-state index >= 15 is 0 Å². The monoisotopic (exact) mass is 393 g/mol. The fourth-order valence-corrected chi connectivity index (χ4v) is 5.71. The third-order valence-corrected chi connectivity index (χ3v) is 7.83. The lowest BCUT2D eigenvalue weighted by molar-refractivity contribution is -0.142. The molecule has 0 aromatic heterocycles. The van der Waals surface area contributed by atoms with Gasteiger partial charge in [0.15, 0.2) is 0 Å². The zero-order valence-electron chi connectivity index (χ0n) is 9.96. The van der Waals surface area contributed by atoms with Crippen LogP contribution in [0.5, 0.6) is 0 Å². The van der Waals surface area contributed by atoms with Crippen molar-refractivity contribution in [3.8, 4) is 0 Å². The summed E-state index contributed by atoms with van der Waals surface area (Å²) in [6.07, 6.45) is 0.715. The van der Waals surface area contributed by atoms with E-state index in [0.29, 0.717) is 0 Å². The van der Waals surface area contributed by atoms with E-state index in [9.17, 15) is 14.4 Å². The molecule has 6 atom stereocenters. The van der Waals surface area contributed by atoms with Gasteiger partial charge in [0.2, 0.25) is 11.8 Å². The van der Waals surface area contributed by atoms with Crippen molar-refractivity contribution in [2.75, 3.05) is 6.54 Å². The van der Waals surface area contributed by atoms with E-state index in [1.807, 2.05) is 0 Å². The van der Waals surface area contributed by atoms with Crippen LogP contribution in [0.1, 0.15) is 12.8 Å². The Bertz CT molecular complexity index is 437. The number of likely N-dealkylation sites (tertiary alicyclic amines) is 1. The Hall–Kier alpha value is -0.430. The van der Waals surface area contributed by atoms with Crippen LogP contribution in [0, 0.1) is 23.7 Å². The number of fused-ring (bicyclic) bond motifs is 5. The molecule has 19 heavy (non-hydrogen) atoms. The summed E-state index contributed by atoms with van der Waals surface area (Å²) in [6.45, 7) is -0.000650. The molecular weight excluding hydrogens is 382 g/mol. The zero-order chi connectivity index (χ0) is 13.9. The summed E-state index contributed by atoms with van der Waals surface area (Å²) < 4.78 is 0. The van der Waals surface area contributed by atoms with Gasteiger partial charge in [-0.05, 0) is 18.3 Å². The summed E-state index contributed by atoms with van der Waals surface area (Å²) in [6, 6.07) is 0. The number of aliphatic carboxylic acids is 1. The highest BCUT2D eigenvalue weighted by molar-refractivity contribution is 9.12. The first kappa shape index (κ1) is 13.5. The molecule has 3 rings (SSSR count). The molecule has 0 spiro atoms. The van der Waals surface area contributed by atoms with Gasteiger partial charge in [-0.1, -0.05) is 31.9 Å². The van der Waals surface area contributed by atoms with Crippen LogP contribution in [0.3, 0.4) is 0 Å². The van der Waals surface area contributed by atoms with Crippen molar-refractivity contribution in [3.05, 3.63) is 0 Å². The van der Waals surface area contributed by atoms with Crippen LogP contribution in [-0.4, -0.2) is 44.0 Å². The molecule has 2 amide bonds. The molecule has 1 N–H and O–H groups in total. The van der Waals surface area contributed by atoms with Crippen LogP contribution in [0.4, 0.5) is 0 Å². The van der Waals surface area contributed by atoms with Gasteiger partial charge in [0.1, 0.15) is 0 Å². The van der Waals surface area contributed by atoms with Gasteiger partial charge >= 0.3 is 5.97 Å². The summed E-state index contributed by atoms with van der Waals surface area (Å²) in [7, 11) is 0. The quantitative estimate of drug-likeness (QED) is 0.577. The fourth-order valence-electron chi connectivity index (χ4n) is 3.84. The summed E-state index contributed by atoms with van der Waals surface area (Å²) in [5.74, 6) is -1.46. The maximum Gasteiger partial charge on any atom is 0.305 e. The molecule has 3 aliphatic rings. The fraction of sp³-hybridized carbons (Fsp3) is 0.750. The zero-order valence-corrected chi connectivity index (χ0v) is 13.1. The Kier molecular flexibility index (Phi) is 3.24. The third-order valence-electron chi connectivity index (χ3n) is 4.63. The lowest BCUT2D eigenvalue weighted by Crippen LogP contribution is -2.37. The predicted octanol–water partition coefficient (Wildman–Crippen LogP) is 1.24. The van der Waals surface area contributed by atoms with Crippen molar-refractivity contribution in [2.24, 2.45) is 23.7 Å². The molecule has 0 unspecified atom stereocenters. The molecule has 104 valence electrons. The molecule has 1 aliphatic heterocycles. The number of carboxylic acid groups (broad SMARTS) is 1. The first-order valence-electron chi connectivity index (χ1n) is 6.28. The number of nitrogens with zero attached hydrogens (tertiary/aromatic N) is 1. The van der Waals surface area contributed by atoms with Gasteiger partial charge < -0.3 is 5.11 Å². The van der Waals surface area contributed by atoms with Crippen molar-refractivity contribution in [1.82, 2.24) is 4.90 Å². The topological polar surface area (TPSA) is 74.7 Å². The van der Waals surface area contributed by atoms with Crippen LogP contribution in [0.25, 0.3) is 0 Å². The number of carbonyl (C=O) groups is 3. The summed E-state index contributed by atoms with van der Waals surface area (Å²) in [5, 5.41) is 8.69. The Balaban J connectivity index is 1.83. The van der Waals surface area contributed by atoms with Crippen molar-refractivity contribution < 1.29 is 19.5 Å². The van der Waals surface area contributed by atoms with E-state index in [4.69, 9.17) is 5.11 Å². The molecule has 2 saturated carbocycles. The minimum absolute atomic E-state index is 0.000650. The maximum absolute atomic E-state index is 12.3. The number of hydrogen-bond acceptors (Lipinski definition) is 3. The normalized spacial score (nSPS) is 44.0. The summed E-state index contributed by atoms with van der Waals surface area (Å²) >= 11 is 7.21. The minimum atomic E-state index is -0.989. The van der Waals surface area contributed by atoms with Crippen molar-refractivity contribution in [3.63, 3.8) is 0 Å². The van der Waals surface area contributed by atoms with E-state index in [1.165, 1.54) is 0 Å². The molecule has 0 aromatic rings. The van der Waals surface area contributed by atoms with Crippen LogP contribution in [0.2, 0.25) is 0 Å². The average molecular weight is 395 g/mol. The lowest BCUT2D eigenvalue weighted by atomic mass is 9.81. The van der Waals surface area contributed by atoms with E-state index < -0.39 is 5.97 Å². The summed E-state index contributed by atoms with van der Waals surface area (Å²) in [5.41, 5.74) is 0. The first-order chi connectivity index (χ1) is 8.93. The molecule has 5 nitrogen and oxygen atoms in total. The van der Waals surface area contributed by atoms with E-state index in [0.717, 1.165) is 11.3 Å². The molecule has 2 aliphatic carbocycles. The molecule has 0 aromatic carbocycles. The predicted molar refractivity (Wildman–Crippen MR) is 73.0 cm³/mol. The number of rotatable bonds is 3. The number of hydrogen-bond donors (Lipinski definition) is 1. The second-order valence-electron chi connectivity index (χ2n) is 5.48. The van der Waals surface area contributed by atoms with Crippen LogP contribution in [-0.2, 0) is 14.4 Å². The van der Waals surface area contributed by atoms with Crippen molar-refractivity contribution in [2.45, 2.75) is 22.5 Å². The number of carbonyl (C=O) groups excluding carboxylic acids is 2. The molecule has 1 heterocycles. The Morgan fingerprint density at radius 3 is 2.05 bits per heavy atom. The third kappa shape index (κ3) is 1.81. The van der Waals surface area contributed by atoms with Gasteiger partial charge in [-0.25, -0.2) is 0 Å². The van der Waals surface area contributed by atoms with Crippen molar-refractivity contribution >= 4 is 49.6 Å². The number of halogens is 2. The molecule has 7 heteroatoms. The lowest BCUT2D eigenvalue weighted by Gasteiger charge is -2.28. The largest absolute Gasteiger partial charge is 0.481 e. The summed E-state index contributed by atoms with van der Waals surface area (Å²) in [4.78, 5) is 36.8. The first-order valence-corrected chi connectivity index (χ1v) is 8.11. The van der Waals surface area contributed by atoms with Gasteiger partial charge in [0.25, 0.3) is 0 Å². The van der Waals surface area contributed by atoms with Crippen molar-refractivity contribution in [1.29, 1.82) is 0 Å². The Morgan fingerprint density at radius 1 is 1.16 bits per heavy atom. The molecular formula is C12H13Br2NO4. The van der Waals surface area contributed by atoms with Gasteiger partial charge in [-0.2, -0.15) is 0 Å². The minimum Gasteiger partial charge on any atom is -0.481 e. The van der Waals surface area contributed by atoms with Gasteiger partial charge in [-0.3, -0.25) is 19.3 Å². The highest BCUT2D eigenvalue weighted by Crippen LogP contribution is 2.60. The number of alkyl halides is 2. The molecule has 1 saturated heterocycles. The van der Waals surface area contributed by atoms with E-state index in [1.54, 1.807) is 0 Å². The van der Waals surface area contributed by atoms with Gasteiger partial charge in [0.05, 0.1) is 18.3 Å². The number of imide groups is 1. The molecule has 0 radical (unpaired) electrons.